The van der Waals surface area contributed by atoms with Crippen molar-refractivity contribution in [3.05, 3.63) is 53.6 Å². The van der Waals surface area contributed by atoms with Crippen LogP contribution < -0.4 is 5.32 Å². The Morgan fingerprint density at radius 3 is 2.50 bits per heavy atom. The number of halogens is 3. The number of nitrogens with one attached hydrogen (secondary N) is 1. The monoisotopic (exact) mass is 407 g/mol. The van der Waals surface area contributed by atoms with Crippen LogP contribution in [-0.2, 0) is 0 Å². The van der Waals surface area contributed by atoms with Gasteiger partial charge >= 0.3 is 0 Å². The first-order chi connectivity index (χ1) is 8.52. The number of hydrogen-bond acceptors (Lipinski definition) is 2. The van der Waals surface area contributed by atoms with Gasteiger partial charge in [-0.1, -0.05) is 33.6 Å². The van der Waals surface area contributed by atoms with Gasteiger partial charge in [0.1, 0.15) is 0 Å². The van der Waals surface area contributed by atoms with E-state index in [1.807, 2.05) is 19.2 Å². The molecule has 1 atom stereocenters. The Morgan fingerprint density at radius 2 is 2.00 bits per heavy atom. The van der Waals surface area contributed by atoms with Gasteiger partial charge in [0, 0.05) is 23.7 Å². The Bertz CT molecular complexity index is 568. The van der Waals surface area contributed by atoms with Gasteiger partial charge in [-0.05, 0) is 53.7 Å². The summed E-state index contributed by atoms with van der Waals surface area (Å²) in [5.41, 5.74) is 1.09. The summed E-state index contributed by atoms with van der Waals surface area (Å²) in [5.74, 6) is 0. The molecular weight excluding hydrogens is 397 g/mol. The second-order valence-corrected chi connectivity index (χ2v) is 7.42. The molecule has 1 N–H and O–H groups in total. The highest BCUT2D eigenvalue weighted by Crippen LogP contribution is 2.38. The average Bonchev–Trinajstić information content (AvgIpc) is 2.62. The second kappa shape index (κ2) is 6.06. The lowest BCUT2D eigenvalue weighted by Crippen LogP contribution is -2.17. The van der Waals surface area contributed by atoms with Gasteiger partial charge in [0.25, 0.3) is 0 Å². The average molecular weight is 410 g/mol. The lowest BCUT2D eigenvalue weighted by molar-refractivity contribution is 0.701. The molecular formula is C13H12Br2ClNS. The maximum absolute atomic E-state index is 6.33. The summed E-state index contributed by atoms with van der Waals surface area (Å²) in [4.78, 5) is 2.53. The van der Waals surface area contributed by atoms with E-state index in [-0.39, 0.29) is 6.04 Å². The van der Waals surface area contributed by atoms with E-state index in [9.17, 15) is 0 Å². The quantitative estimate of drug-likeness (QED) is 0.701. The summed E-state index contributed by atoms with van der Waals surface area (Å²) >= 11 is 15.2. The predicted molar refractivity (Wildman–Crippen MR) is 86.8 cm³/mol. The first kappa shape index (κ1) is 14.5. The lowest BCUT2D eigenvalue weighted by Gasteiger charge is -2.17. The van der Waals surface area contributed by atoms with Crippen LogP contribution in [0.15, 0.2) is 33.2 Å². The normalized spacial score (nSPS) is 12.7. The third-order valence-corrected chi connectivity index (χ3v) is 5.52. The van der Waals surface area contributed by atoms with Gasteiger partial charge in [0.2, 0.25) is 0 Å². The van der Waals surface area contributed by atoms with E-state index < -0.39 is 0 Å². The summed E-state index contributed by atoms with van der Waals surface area (Å²) in [7, 11) is 1.95. The minimum absolute atomic E-state index is 0.110. The molecule has 18 heavy (non-hydrogen) atoms. The number of thiophene rings is 1. The zero-order valence-corrected chi connectivity index (χ0v) is 14.7. The van der Waals surface area contributed by atoms with Gasteiger partial charge in [0.05, 0.1) is 6.04 Å². The Labute approximate surface area is 133 Å². The first-order valence-corrected chi connectivity index (χ1v) is 8.19. The van der Waals surface area contributed by atoms with Gasteiger partial charge in [0.15, 0.2) is 0 Å². The molecule has 5 heteroatoms. The highest BCUT2D eigenvalue weighted by Gasteiger charge is 2.19. The van der Waals surface area contributed by atoms with E-state index in [4.69, 9.17) is 11.6 Å². The molecule has 1 heterocycles. The maximum atomic E-state index is 6.33. The van der Waals surface area contributed by atoms with Crippen molar-refractivity contribution in [3.8, 4) is 0 Å². The van der Waals surface area contributed by atoms with Crippen LogP contribution in [0.2, 0.25) is 5.02 Å². The molecule has 0 bridgehead atoms. The van der Waals surface area contributed by atoms with Crippen LogP contribution >= 0.6 is 54.8 Å². The largest absolute Gasteiger partial charge is 0.309 e. The number of benzene rings is 1. The van der Waals surface area contributed by atoms with Crippen LogP contribution in [0.25, 0.3) is 0 Å². The lowest BCUT2D eigenvalue weighted by atomic mass is 10.1. The minimum Gasteiger partial charge on any atom is -0.309 e. The van der Waals surface area contributed by atoms with Crippen LogP contribution in [0.5, 0.6) is 0 Å². The fourth-order valence-electron chi connectivity index (χ4n) is 1.86. The molecule has 96 valence electrons. The van der Waals surface area contributed by atoms with Crippen molar-refractivity contribution in [2.24, 2.45) is 0 Å². The van der Waals surface area contributed by atoms with E-state index in [0.29, 0.717) is 0 Å². The van der Waals surface area contributed by atoms with Gasteiger partial charge in [-0.15, -0.1) is 11.3 Å². The topological polar surface area (TPSA) is 12.0 Å². The number of rotatable bonds is 3. The smallest absolute Gasteiger partial charge is 0.0694 e. The fraction of sp³-hybridized carbons (Fsp3) is 0.231. The van der Waals surface area contributed by atoms with Crippen molar-refractivity contribution in [3.63, 3.8) is 0 Å². The molecule has 2 rings (SSSR count). The van der Waals surface area contributed by atoms with Gasteiger partial charge in [-0.2, -0.15) is 0 Å². The molecule has 2 aromatic rings. The van der Waals surface area contributed by atoms with E-state index >= 15 is 0 Å². The second-order valence-electron chi connectivity index (χ2n) is 3.96. The van der Waals surface area contributed by atoms with E-state index in [0.717, 1.165) is 19.5 Å². The molecule has 0 aliphatic heterocycles. The van der Waals surface area contributed by atoms with Crippen molar-refractivity contribution < 1.29 is 0 Å². The Balaban J connectivity index is 2.48. The Morgan fingerprint density at radius 1 is 1.28 bits per heavy atom. The minimum atomic E-state index is 0.110. The van der Waals surface area contributed by atoms with Crippen LogP contribution in [0.1, 0.15) is 21.4 Å². The van der Waals surface area contributed by atoms with Gasteiger partial charge in [-0.25, -0.2) is 0 Å². The van der Waals surface area contributed by atoms with Crippen molar-refractivity contribution >= 4 is 54.8 Å². The molecule has 0 fully saturated rings. The SMILES string of the molecule is CNC(c1ccc(Br)cc1Cl)c1sc(C)cc1Br. The molecule has 1 aromatic carbocycles. The van der Waals surface area contributed by atoms with Crippen molar-refractivity contribution in [1.82, 2.24) is 5.32 Å². The highest BCUT2D eigenvalue weighted by molar-refractivity contribution is 9.10. The molecule has 0 radical (unpaired) electrons. The molecule has 0 amide bonds. The summed E-state index contributed by atoms with van der Waals surface area (Å²) < 4.78 is 2.12. The van der Waals surface area contributed by atoms with E-state index in [1.165, 1.54) is 9.75 Å². The number of aryl methyl sites for hydroxylation is 1. The third-order valence-electron chi connectivity index (χ3n) is 2.66. The standard InChI is InChI=1S/C13H12Br2ClNS/c1-7-5-10(15)13(18-7)12(17-2)9-4-3-8(14)6-11(9)16/h3-6,12,17H,1-2H3. The molecule has 0 saturated heterocycles. The van der Waals surface area contributed by atoms with Crippen LogP contribution in [0.3, 0.4) is 0 Å². The van der Waals surface area contributed by atoms with Gasteiger partial charge in [-0.3, -0.25) is 0 Å². The van der Waals surface area contributed by atoms with Crippen LogP contribution in [0, 0.1) is 6.92 Å². The fourth-order valence-corrected chi connectivity index (χ4v) is 4.65. The Kier molecular flexibility index (Phi) is 4.89. The van der Waals surface area contributed by atoms with Gasteiger partial charge < -0.3 is 5.32 Å². The van der Waals surface area contributed by atoms with Crippen molar-refractivity contribution in [2.75, 3.05) is 7.05 Å². The molecule has 1 nitrogen and oxygen atoms in total. The molecule has 0 spiro atoms. The van der Waals surface area contributed by atoms with E-state index in [1.54, 1.807) is 11.3 Å². The predicted octanol–water partition coefficient (Wildman–Crippen LogP) is 5.54. The first-order valence-electron chi connectivity index (χ1n) is 5.41. The molecule has 0 aliphatic carbocycles. The zero-order chi connectivity index (χ0) is 13.3. The molecule has 0 saturated carbocycles. The van der Waals surface area contributed by atoms with Crippen LogP contribution in [0.4, 0.5) is 0 Å². The summed E-state index contributed by atoms with van der Waals surface area (Å²) in [5, 5.41) is 4.10. The summed E-state index contributed by atoms with van der Waals surface area (Å²) in [6.45, 7) is 2.11. The highest BCUT2D eigenvalue weighted by atomic mass is 79.9. The third kappa shape index (κ3) is 2.99. The number of hydrogen-bond donors (Lipinski definition) is 1. The Hall–Kier alpha value is 0.130. The molecule has 0 aliphatic rings. The molecule has 1 unspecified atom stereocenters. The maximum Gasteiger partial charge on any atom is 0.0694 e. The zero-order valence-electron chi connectivity index (χ0n) is 9.93. The summed E-state index contributed by atoms with van der Waals surface area (Å²) in [6.07, 6.45) is 0. The summed E-state index contributed by atoms with van der Waals surface area (Å²) in [6, 6.07) is 8.24. The van der Waals surface area contributed by atoms with Crippen molar-refractivity contribution in [2.45, 2.75) is 13.0 Å². The van der Waals surface area contributed by atoms with Crippen LogP contribution in [-0.4, -0.2) is 7.05 Å². The van der Waals surface area contributed by atoms with E-state index in [2.05, 4.69) is 56.2 Å². The van der Waals surface area contributed by atoms with Crippen molar-refractivity contribution in [1.29, 1.82) is 0 Å². The molecule has 1 aromatic heterocycles.